The number of nitro groups is 1. The second-order valence-electron chi connectivity index (χ2n) is 2.47. The van der Waals surface area contributed by atoms with Gasteiger partial charge in [-0.1, -0.05) is 0 Å². The van der Waals surface area contributed by atoms with Crippen LogP contribution in [0.25, 0.3) is 0 Å². The van der Waals surface area contributed by atoms with E-state index in [1.54, 1.807) is 0 Å². The molecule has 0 saturated carbocycles. The second-order valence-corrected chi connectivity index (χ2v) is 2.81. The Bertz CT molecular complexity index is 546. The Kier molecular flexibility index (Phi) is 2.32. The number of hydrogen-bond acceptors (Lipinski definition) is 7. The molecule has 16 heavy (non-hydrogen) atoms. The van der Waals surface area contributed by atoms with Gasteiger partial charge in [-0.25, -0.2) is 9.78 Å². The molecule has 10 nitrogen and oxygen atoms in total. The maximum Gasteiger partial charge on any atom is 0.466 e. The lowest BCUT2D eigenvalue weighted by molar-refractivity contribution is -0.395. The molecule has 82 valence electrons. The quantitative estimate of drug-likeness (QED) is 0.508. The van der Waals surface area contributed by atoms with Gasteiger partial charge < -0.3 is 10.1 Å². The molecule has 0 spiro atoms. The molecule has 2 rings (SSSR count). The van der Waals surface area contributed by atoms with Crippen molar-refractivity contribution in [3.8, 4) is 0 Å². The molecule has 0 N–H and O–H groups in total. The number of halogens is 1. The molecular weight excluding hydrogens is 242 g/mol. The molecule has 0 saturated heterocycles. The maximum absolute atomic E-state index is 11.6. The molecule has 0 aliphatic carbocycles. The lowest BCUT2D eigenvalue weighted by atomic mass is 10.9. The van der Waals surface area contributed by atoms with Crippen LogP contribution in [0.15, 0.2) is 12.7 Å². The summed E-state index contributed by atoms with van der Waals surface area (Å²) in [7, 11) is 0. The summed E-state index contributed by atoms with van der Waals surface area (Å²) in [6, 6.07) is -0.899. The van der Waals surface area contributed by atoms with Gasteiger partial charge in [-0.3, -0.25) is 0 Å². The van der Waals surface area contributed by atoms with Crippen molar-refractivity contribution < 1.29 is 9.72 Å². The van der Waals surface area contributed by atoms with Gasteiger partial charge in [-0.2, -0.15) is 4.68 Å². The summed E-state index contributed by atoms with van der Waals surface area (Å²) < 4.78 is 1.19. The Morgan fingerprint density at radius 2 is 2.31 bits per heavy atom. The third-order valence-electron chi connectivity index (χ3n) is 1.52. The number of hydrogen-bond donors (Lipinski definition) is 0. The summed E-state index contributed by atoms with van der Waals surface area (Å²) in [6.45, 7) is 0. The first-order valence-corrected chi connectivity index (χ1v) is 4.13. The molecule has 11 heteroatoms. The molecule has 0 aromatic carbocycles. The molecule has 0 radical (unpaired) electrons. The highest BCUT2D eigenvalue weighted by molar-refractivity contribution is 6.28. The third-order valence-corrected chi connectivity index (χ3v) is 1.68. The van der Waals surface area contributed by atoms with Crippen LogP contribution in [0.2, 0.25) is 5.28 Å². The number of carbonyl (C=O) groups excluding carboxylic acids is 1. The van der Waals surface area contributed by atoms with Crippen LogP contribution in [0.1, 0.15) is 0 Å². The average Bonchev–Trinajstić information content (AvgIpc) is 2.84. The minimum absolute atomic E-state index is 0.403. The SMILES string of the molecule is O=C(n1cncn1)n1nc(Cl)nc1[N+](=O)[O-]. The van der Waals surface area contributed by atoms with Gasteiger partial charge in [0.15, 0.2) is 0 Å². The summed E-state index contributed by atoms with van der Waals surface area (Å²) in [4.78, 5) is 28.1. The minimum atomic E-state index is -0.899. The molecule has 2 aromatic rings. The van der Waals surface area contributed by atoms with Crippen LogP contribution in [-0.4, -0.2) is 40.5 Å². The van der Waals surface area contributed by atoms with Gasteiger partial charge in [0.05, 0.1) is 0 Å². The monoisotopic (exact) mass is 243 g/mol. The molecule has 0 bridgehead atoms. The van der Waals surface area contributed by atoms with Crippen molar-refractivity contribution in [1.82, 2.24) is 29.5 Å². The van der Waals surface area contributed by atoms with E-state index in [0.29, 0.717) is 4.68 Å². The largest absolute Gasteiger partial charge is 0.466 e. The summed E-state index contributed by atoms with van der Waals surface area (Å²) >= 11 is 5.37. The molecule has 0 aliphatic heterocycles. The molecule has 0 aliphatic rings. The molecule has 0 fully saturated rings. The van der Waals surface area contributed by atoms with E-state index in [1.807, 2.05) is 0 Å². The maximum atomic E-state index is 11.6. The van der Waals surface area contributed by atoms with Gasteiger partial charge in [0, 0.05) is 0 Å². The molecule has 0 unspecified atom stereocenters. The number of nitrogens with zero attached hydrogens (tertiary/aromatic N) is 7. The summed E-state index contributed by atoms with van der Waals surface area (Å²) in [5.41, 5.74) is 0. The Balaban J connectivity index is 2.48. The number of carbonyl (C=O) groups is 1. The van der Waals surface area contributed by atoms with Crippen molar-refractivity contribution in [3.05, 3.63) is 28.1 Å². The second kappa shape index (κ2) is 3.66. The van der Waals surface area contributed by atoms with Crippen molar-refractivity contribution >= 4 is 23.6 Å². The van der Waals surface area contributed by atoms with Gasteiger partial charge >= 0.3 is 17.3 Å². The van der Waals surface area contributed by atoms with E-state index < -0.39 is 22.2 Å². The topological polar surface area (TPSA) is 122 Å². The Labute approximate surface area is 91.6 Å². The van der Waals surface area contributed by atoms with Crippen LogP contribution in [0.5, 0.6) is 0 Å². The molecular formula is C5H2ClN7O3. The normalized spacial score (nSPS) is 10.3. The standard InChI is InChI=1S/C5H2ClN7O3/c6-3-9-4(13(15)16)12(10-3)5(14)11-2-7-1-8-11/h1-2H. The molecule has 2 aromatic heterocycles. The Morgan fingerprint density at radius 1 is 1.56 bits per heavy atom. The minimum Gasteiger partial charge on any atom is -0.390 e. The van der Waals surface area contributed by atoms with E-state index in [1.165, 1.54) is 0 Å². The van der Waals surface area contributed by atoms with E-state index in [0.717, 1.165) is 17.3 Å². The summed E-state index contributed by atoms with van der Waals surface area (Å²) in [6.07, 6.45) is 2.17. The van der Waals surface area contributed by atoms with Gasteiger partial charge in [-0.05, 0) is 31.3 Å². The van der Waals surface area contributed by atoms with E-state index in [4.69, 9.17) is 11.6 Å². The van der Waals surface area contributed by atoms with Crippen LogP contribution in [0.4, 0.5) is 10.7 Å². The first-order valence-electron chi connectivity index (χ1n) is 3.76. The van der Waals surface area contributed by atoms with Gasteiger partial charge in [-0.15, -0.1) is 5.10 Å². The van der Waals surface area contributed by atoms with Crippen LogP contribution in [0.3, 0.4) is 0 Å². The molecule has 2 heterocycles. The van der Waals surface area contributed by atoms with Crippen LogP contribution in [-0.2, 0) is 0 Å². The first kappa shape index (κ1) is 10.2. The third kappa shape index (κ3) is 1.61. The highest BCUT2D eigenvalue weighted by Gasteiger charge is 2.28. The zero-order valence-corrected chi connectivity index (χ0v) is 8.14. The predicted octanol–water partition coefficient (Wildman–Crippen LogP) is -0.0524. The highest BCUT2D eigenvalue weighted by atomic mass is 35.5. The molecule has 0 amide bonds. The van der Waals surface area contributed by atoms with Crippen molar-refractivity contribution in [2.24, 2.45) is 0 Å². The van der Waals surface area contributed by atoms with Crippen molar-refractivity contribution in [1.29, 1.82) is 0 Å². The smallest absolute Gasteiger partial charge is 0.390 e. The predicted molar refractivity (Wildman–Crippen MR) is 47.9 cm³/mol. The van der Waals surface area contributed by atoms with Crippen LogP contribution < -0.4 is 0 Å². The van der Waals surface area contributed by atoms with Crippen LogP contribution in [0, 0.1) is 10.1 Å². The fourth-order valence-electron chi connectivity index (χ4n) is 0.930. The number of rotatable bonds is 1. The summed E-state index contributed by atoms with van der Waals surface area (Å²) in [5.74, 6) is -0.787. The van der Waals surface area contributed by atoms with E-state index in [9.17, 15) is 14.9 Å². The Morgan fingerprint density at radius 3 is 2.88 bits per heavy atom. The Hall–Kier alpha value is -2.36. The first-order chi connectivity index (χ1) is 7.59. The van der Waals surface area contributed by atoms with E-state index in [2.05, 4.69) is 20.2 Å². The molecule has 0 atom stereocenters. The summed E-state index contributed by atoms with van der Waals surface area (Å²) in [5, 5.41) is 17.0. The van der Waals surface area contributed by atoms with Gasteiger partial charge in [0.25, 0.3) is 0 Å². The lowest BCUT2D eigenvalue weighted by Gasteiger charge is -1.95. The zero-order valence-electron chi connectivity index (χ0n) is 7.39. The number of aromatic nitrogens is 6. The van der Waals surface area contributed by atoms with Gasteiger partial charge in [0.2, 0.25) is 0 Å². The zero-order chi connectivity index (χ0) is 11.7. The highest BCUT2D eigenvalue weighted by Crippen LogP contribution is 2.11. The van der Waals surface area contributed by atoms with E-state index in [-0.39, 0.29) is 0 Å². The van der Waals surface area contributed by atoms with E-state index >= 15 is 0 Å². The van der Waals surface area contributed by atoms with Crippen molar-refractivity contribution in [2.75, 3.05) is 0 Å². The fourth-order valence-corrected chi connectivity index (χ4v) is 1.08. The van der Waals surface area contributed by atoms with Gasteiger partial charge in [0.1, 0.15) is 12.7 Å². The van der Waals surface area contributed by atoms with Crippen LogP contribution >= 0.6 is 11.6 Å². The van der Waals surface area contributed by atoms with Crippen molar-refractivity contribution in [2.45, 2.75) is 0 Å². The van der Waals surface area contributed by atoms with Crippen molar-refractivity contribution in [3.63, 3.8) is 0 Å². The fraction of sp³-hybridized carbons (Fsp3) is 0. The average molecular weight is 244 g/mol. The lowest BCUT2D eigenvalue weighted by Crippen LogP contribution is -2.22.